The highest BCUT2D eigenvalue weighted by atomic mass is 16.3. The fraction of sp³-hybridized carbons (Fsp3) is 0.353. The molecule has 2 rings (SSSR count). The average molecular weight is 285 g/mol. The molecular formula is C17H23N3O. The number of pyridine rings is 1. The molecule has 1 heterocycles. The number of nitrogens with zero attached hydrogens (tertiary/aromatic N) is 2. The van der Waals surface area contributed by atoms with Gasteiger partial charge in [-0.1, -0.05) is 18.2 Å². The van der Waals surface area contributed by atoms with Gasteiger partial charge in [0.15, 0.2) is 0 Å². The predicted octanol–water partition coefficient (Wildman–Crippen LogP) is 3.55. The summed E-state index contributed by atoms with van der Waals surface area (Å²) < 4.78 is 0. The van der Waals surface area contributed by atoms with Gasteiger partial charge >= 0.3 is 0 Å². The Labute approximate surface area is 126 Å². The number of benzene rings is 1. The molecule has 0 radical (unpaired) electrons. The van der Waals surface area contributed by atoms with Gasteiger partial charge in [0.1, 0.15) is 11.6 Å². The molecule has 0 unspecified atom stereocenters. The minimum Gasteiger partial charge on any atom is -0.507 e. The lowest BCUT2D eigenvalue weighted by molar-refractivity contribution is 0.465. The normalized spacial score (nSPS) is 10.4. The van der Waals surface area contributed by atoms with Gasteiger partial charge in [-0.05, 0) is 38.5 Å². The van der Waals surface area contributed by atoms with Gasteiger partial charge in [-0.2, -0.15) is 0 Å². The third-order valence-corrected chi connectivity index (χ3v) is 3.64. The number of hydrogen-bond donors (Lipinski definition) is 2. The predicted molar refractivity (Wildman–Crippen MR) is 88.0 cm³/mol. The van der Waals surface area contributed by atoms with E-state index in [1.54, 1.807) is 0 Å². The summed E-state index contributed by atoms with van der Waals surface area (Å²) in [5.74, 6) is 1.35. The van der Waals surface area contributed by atoms with Crippen molar-refractivity contribution in [2.45, 2.75) is 27.3 Å². The Kier molecular flexibility index (Phi) is 5.04. The topological polar surface area (TPSA) is 48.4 Å². The number of anilines is 2. The zero-order valence-corrected chi connectivity index (χ0v) is 12.9. The smallest absolute Gasteiger partial charge is 0.128 e. The molecule has 4 heteroatoms. The number of para-hydroxylation sites is 1. The second-order valence-electron chi connectivity index (χ2n) is 5.01. The third-order valence-electron chi connectivity index (χ3n) is 3.64. The number of phenolic OH excluding ortho intramolecular Hbond substituents is 1. The Morgan fingerprint density at radius 1 is 1.14 bits per heavy atom. The largest absolute Gasteiger partial charge is 0.507 e. The molecule has 0 aliphatic heterocycles. The van der Waals surface area contributed by atoms with Gasteiger partial charge in [0.2, 0.25) is 0 Å². The second-order valence-corrected chi connectivity index (χ2v) is 5.01. The van der Waals surface area contributed by atoms with Crippen LogP contribution in [-0.2, 0) is 6.54 Å². The van der Waals surface area contributed by atoms with E-state index in [0.29, 0.717) is 12.3 Å². The second kappa shape index (κ2) is 6.97. The van der Waals surface area contributed by atoms with Gasteiger partial charge in [-0.15, -0.1) is 0 Å². The summed E-state index contributed by atoms with van der Waals surface area (Å²) >= 11 is 0. The van der Waals surface area contributed by atoms with Crippen LogP contribution in [0.4, 0.5) is 11.5 Å². The van der Waals surface area contributed by atoms with Crippen molar-refractivity contribution in [3.05, 3.63) is 47.7 Å². The molecule has 2 N–H and O–H groups in total. The summed E-state index contributed by atoms with van der Waals surface area (Å²) in [6, 6.07) is 9.82. The maximum absolute atomic E-state index is 9.99. The molecule has 0 atom stereocenters. The molecule has 0 spiro atoms. The molecule has 0 saturated heterocycles. The summed E-state index contributed by atoms with van der Waals surface area (Å²) in [6.45, 7) is 8.63. The Bertz CT molecular complexity index is 577. The van der Waals surface area contributed by atoms with Crippen molar-refractivity contribution in [2.75, 3.05) is 23.3 Å². The monoisotopic (exact) mass is 285 g/mol. The maximum atomic E-state index is 9.99. The number of aromatic hydroxyl groups is 1. The lowest BCUT2D eigenvalue weighted by Gasteiger charge is -2.19. The zero-order chi connectivity index (χ0) is 15.2. The summed E-state index contributed by atoms with van der Waals surface area (Å²) in [5, 5.41) is 13.3. The van der Waals surface area contributed by atoms with E-state index in [-0.39, 0.29) is 0 Å². The van der Waals surface area contributed by atoms with E-state index in [1.807, 2.05) is 43.5 Å². The lowest BCUT2D eigenvalue weighted by atomic mass is 10.1. The molecule has 0 amide bonds. The molecular weight excluding hydrogens is 262 g/mol. The van der Waals surface area contributed by atoms with Gasteiger partial charge < -0.3 is 15.3 Å². The summed E-state index contributed by atoms with van der Waals surface area (Å²) in [6.07, 6.45) is 1.83. The molecule has 2 aromatic rings. The van der Waals surface area contributed by atoms with Crippen LogP contribution in [0.2, 0.25) is 0 Å². The molecule has 4 nitrogen and oxygen atoms in total. The van der Waals surface area contributed by atoms with Crippen LogP contribution in [0.3, 0.4) is 0 Å². The van der Waals surface area contributed by atoms with Gasteiger partial charge in [0.25, 0.3) is 0 Å². The fourth-order valence-corrected chi connectivity index (χ4v) is 2.28. The Morgan fingerprint density at radius 2 is 1.90 bits per heavy atom. The van der Waals surface area contributed by atoms with E-state index in [9.17, 15) is 5.11 Å². The molecule has 0 saturated carbocycles. The molecule has 21 heavy (non-hydrogen) atoms. The van der Waals surface area contributed by atoms with E-state index in [0.717, 1.165) is 35.7 Å². The number of phenols is 1. The lowest BCUT2D eigenvalue weighted by Crippen LogP contribution is -2.22. The number of aromatic nitrogens is 1. The van der Waals surface area contributed by atoms with Crippen molar-refractivity contribution in [1.82, 2.24) is 4.98 Å². The first-order chi connectivity index (χ1) is 10.2. The number of nitrogens with one attached hydrogen (secondary N) is 1. The summed E-state index contributed by atoms with van der Waals surface area (Å²) in [4.78, 5) is 6.68. The van der Waals surface area contributed by atoms with Gasteiger partial charge in [0.05, 0.1) is 11.9 Å². The van der Waals surface area contributed by atoms with Crippen LogP contribution in [0, 0.1) is 6.92 Å². The highest BCUT2D eigenvalue weighted by Crippen LogP contribution is 2.22. The summed E-state index contributed by atoms with van der Waals surface area (Å²) in [5.41, 5.74) is 2.74. The minimum absolute atomic E-state index is 0.359. The fourth-order valence-electron chi connectivity index (χ4n) is 2.28. The number of hydrogen-bond acceptors (Lipinski definition) is 4. The van der Waals surface area contributed by atoms with Gasteiger partial charge in [-0.25, -0.2) is 4.98 Å². The van der Waals surface area contributed by atoms with Crippen LogP contribution in [0.5, 0.6) is 5.75 Å². The molecule has 0 aliphatic carbocycles. The maximum Gasteiger partial charge on any atom is 0.128 e. The van der Waals surface area contributed by atoms with Gasteiger partial charge in [-0.3, -0.25) is 0 Å². The molecule has 1 aromatic carbocycles. The summed E-state index contributed by atoms with van der Waals surface area (Å²) in [7, 11) is 0. The van der Waals surface area contributed by atoms with Crippen LogP contribution >= 0.6 is 0 Å². The van der Waals surface area contributed by atoms with Crippen LogP contribution in [0.15, 0.2) is 36.5 Å². The Morgan fingerprint density at radius 3 is 2.52 bits per heavy atom. The molecule has 0 fully saturated rings. The van der Waals surface area contributed by atoms with E-state index in [4.69, 9.17) is 0 Å². The molecule has 0 bridgehead atoms. The van der Waals surface area contributed by atoms with E-state index >= 15 is 0 Å². The highest BCUT2D eigenvalue weighted by molar-refractivity contribution is 5.50. The van der Waals surface area contributed by atoms with Crippen molar-refractivity contribution in [1.29, 1.82) is 0 Å². The molecule has 0 aliphatic rings. The first kappa shape index (κ1) is 15.2. The third kappa shape index (κ3) is 3.66. The van der Waals surface area contributed by atoms with Crippen LogP contribution < -0.4 is 10.2 Å². The van der Waals surface area contributed by atoms with Crippen molar-refractivity contribution in [3.8, 4) is 5.75 Å². The standard InChI is InChI=1S/C17H23N3O/c1-4-20(5-2)16-10-9-15(12-19-16)18-11-14-8-6-7-13(3)17(14)21/h6-10,12,18,21H,4-5,11H2,1-3H3. The first-order valence-corrected chi connectivity index (χ1v) is 7.38. The van der Waals surface area contributed by atoms with E-state index in [1.165, 1.54) is 0 Å². The quantitative estimate of drug-likeness (QED) is 0.852. The van der Waals surface area contributed by atoms with Crippen molar-refractivity contribution >= 4 is 11.5 Å². The minimum atomic E-state index is 0.359. The van der Waals surface area contributed by atoms with E-state index < -0.39 is 0 Å². The SMILES string of the molecule is CCN(CC)c1ccc(NCc2cccc(C)c2O)cn1. The van der Waals surface area contributed by atoms with Crippen LogP contribution in [0.25, 0.3) is 0 Å². The van der Waals surface area contributed by atoms with Gasteiger partial charge in [0, 0.05) is 25.2 Å². The number of aryl methyl sites for hydroxylation is 1. The van der Waals surface area contributed by atoms with Crippen LogP contribution in [0.1, 0.15) is 25.0 Å². The molecule has 112 valence electrons. The van der Waals surface area contributed by atoms with Crippen LogP contribution in [-0.4, -0.2) is 23.2 Å². The van der Waals surface area contributed by atoms with Crippen molar-refractivity contribution in [3.63, 3.8) is 0 Å². The average Bonchev–Trinajstić information content (AvgIpc) is 2.51. The van der Waals surface area contributed by atoms with Crippen molar-refractivity contribution in [2.24, 2.45) is 0 Å². The first-order valence-electron chi connectivity index (χ1n) is 7.38. The Balaban J connectivity index is 2.02. The zero-order valence-electron chi connectivity index (χ0n) is 12.9. The Hall–Kier alpha value is -2.23. The molecule has 1 aromatic heterocycles. The number of rotatable bonds is 6. The van der Waals surface area contributed by atoms with Crippen molar-refractivity contribution < 1.29 is 5.11 Å². The van der Waals surface area contributed by atoms with E-state index in [2.05, 4.69) is 29.0 Å². The highest BCUT2D eigenvalue weighted by Gasteiger charge is 2.05.